The summed E-state index contributed by atoms with van der Waals surface area (Å²) in [5, 5.41) is 1.69. The van der Waals surface area contributed by atoms with Crippen molar-refractivity contribution >= 4 is 22.5 Å². The minimum Gasteiger partial charge on any atom is -0.475 e. The molecule has 2 aromatic carbocycles. The number of ether oxygens (including phenoxy) is 1. The van der Waals surface area contributed by atoms with Crippen molar-refractivity contribution in [1.82, 2.24) is 9.88 Å². The summed E-state index contributed by atoms with van der Waals surface area (Å²) < 4.78 is 6.00. The number of nitrogens with zero attached hydrogens (tertiary/aromatic N) is 2. The van der Waals surface area contributed by atoms with E-state index < -0.39 is 0 Å². The zero-order valence-corrected chi connectivity index (χ0v) is 13.5. The lowest BCUT2D eigenvalue weighted by molar-refractivity contribution is 0.0980. The van der Waals surface area contributed by atoms with Crippen LogP contribution >= 0.6 is 11.6 Å². The lowest BCUT2D eigenvalue weighted by Crippen LogP contribution is -2.33. The van der Waals surface area contributed by atoms with Crippen LogP contribution < -0.4 is 4.74 Å². The van der Waals surface area contributed by atoms with Crippen molar-refractivity contribution in [3.05, 3.63) is 70.9 Å². The fourth-order valence-electron chi connectivity index (χ4n) is 3.02. The molecule has 0 aliphatic carbocycles. The second-order valence-electron chi connectivity index (χ2n) is 5.81. The summed E-state index contributed by atoms with van der Waals surface area (Å²) in [4.78, 5) is 6.74. The number of pyridine rings is 1. The number of fused-ring (bicyclic) bond motifs is 3. The Morgan fingerprint density at radius 3 is 2.87 bits per heavy atom. The summed E-state index contributed by atoms with van der Waals surface area (Å²) in [5.41, 5.74) is 3.31. The van der Waals surface area contributed by atoms with Gasteiger partial charge in [-0.1, -0.05) is 41.9 Å². The third-order valence-corrected chi connectivity index (χ3v) is 4.53. The highest BCUT2D eigenvalue weighted by Gasteiger charge is 2.21. The van der Waals surface area contributed by atoms with E-state index in [-0.39, 0.29) is 0 Å². The lowest BCUT2D eigenvalue weighted by atomic mass is 10.1. The van der Waals surface area contributed by atoms with Gasteiger partial charge < -0.3 is 4.74 Å². The molecule has 0 saturated carbocycles. The molecular formula is C19H17ClN2O. The summed E-state index contributed by atoms with van der Waals surface area (Å²) in [6.07, 6.45) is 2.79. The third kappa shape index (κ3) is 2.90. The molecule has 0 amide bonds. The van der Waals surface area contributed by atoms with Crippen LogP contribution in [-0.4, -0.2) is 23.2 Å². The standard InChI is InChI=1S/C19H17ClN2O/c20-17-11-15-12-22(10-8-14-5-2-1-3-6-14)13-23-19(15)18-16(17)7-4-9-21-18/h1-7,9,11H,8,10,12-13H2. The van der Waals surface area contributed by atoms with Crippen LogP contribution in [0.5, 0.6) is 5.75 Å². The molecule has 3 aromatic rings. The summed E-state index contributed by atoms with van der Waals surface area (Å²) in [5.74, 6) is 0.876. The van der Waals surface area contributed by atoms with Crippen LogP contribution in [0.4, 0.5) is 0 Å². The van der Waals surface area contributed by atoms with Crippen molar-refractivity contribution in [3.8, 4) is 5.75 Å². The highest BCUT2D eigenvalue weighted by molar-refractivity contribution is 6.35. The minimum absolute atomic E-state index is 0.590. The van der Waals surface area contributed by atoms with Crippen LogP contribution in [0.15, 0.2) is 54.7 Å². The van der Waals surface area contributed by atoms with E-state index in [2.05, 4.69) is 34.1 Å². The number of aromatic nitrogens is 1. The van der Waals surface area contributed by atoms with Gasteiger partial charge in [0.05, 0.1) is 5.02 Å². The first kappa shape index (κ1) is 14.5. The SMILES string of the molecule is Clc1cc2c(c3ncccc13)OCN(CCc1ccccc1)C2. The first-order valence-corrected chi connectivity index (χ1v) is 8.14. The Morgan fingerprint density at radius 1 is 1.13 bits per heavy atom. The van der Waals surface area contributed by atoms with Crippen LogP contribution in [0, 0.1) is 0 Å². The summed E-state index contributed by atoms with van der Waals surface area (Å²) in [6, 6.07) is 16.4. The lowest BCUT2D eigenvalue weighted by Gasteiger charge is -2.29. The molecule has 4 rings (SSSR count). The molecule has 0 spiro atoms. The van der Waals surface area contributed by atoms with E-state index in [1.54, 1.807) is 6.20 Å². The minimum atomic E-state index is 0.590. The van der Waals surface area contributed by atoms with E-state index >= 15 is 0 Å². The van der Waals surface area contributed by atoms with Gasteiger partial charge >= 0.3 is 0 Å². The van der Waals surface area contributed by atoms with Crippen molar-refractivity contribution in [1.29, 1.82) is 0 Å². The van der Waals surface area contributed by atoms with Gasteiger partial charge in [0.15, 0.2) is 5.75 Å². The number of rotatable bonds is 3. The molecule has 1 aliphatic heterocycles. The van der Waals surface area contributed by atoms with Gasteiger partial charge in [0.25, 0.3) is 0 Å². The monoisotopic (exact) mass is 324 g/mol. The Bertz CT molecular complexity index is 835. The molecule has 23 heavy (non-hydrogen) atoms. The Hall–Kier alpha value is -2.10. The molecule has 4 heteroatoms. The van der Waals surface area contributed by atoms with Crippen LogP contribution in [0.1, 0.15) is 11.1 Å². The maximum Gasteiger partial charge on any atom is 0.152 e. The van der Waals surface area contributed by atoms with Crippen molar-refractivity contribution < 1.29 is 4.74 Å². The average molecular weight is 325 g/mol. The first-order valence-electron chi connectivity index (χ1n) is 7.76. The molecule has 0 bridgehead atoms. The Kier molecular flexibility index (Phi) is 3.90. The van der Waals surface area contributed by atoms with E-state index in [9.17, 15) is 0 Å². The molecule has 0 atom stereocenters. The molecular weight excluding hydrogens is 308 g/mol. The fraction of sp³-hybridized carbons (Fsp3) is 0.211. The van der Waals surface area contributed by atoms with Crippen molar-refractivity contribution in [3.63, 3.8) is 0 Å². The molecule has 1 aromatic heterocycles. The van der Waals surface area contributed by atoms with Gasteiger partial charge in [-0.25, -0.2) is 0 Å². The second-order valence-corrected chi connectivity index (χ2v) is 6.21. The van der Waals surface area contributed by atoms with Crippen molar-refractivity contribution in [2.75, 3.05) is 13.3 Å². The predicted molar refractivity (Wildman–Crippen MR) is 92.8 cm³/mol. The van der Waals surface area contributed by atoms with E-state index in [1.165, 1.54) is 5.56 Å². The third-order valence-electron chi connectivity index (χ3n) is 4.22. The Morgan fingerprint density at radius 2 is 2.00 bits per heavy atom. The van der Waals surface area contributed by atoms with Gasteiger partial charge in [0, 0.05) is 30.2 Å². The molecule has 0 unspecified atom stereocenters. The van der Waals surface area contributed by atoms with E-state index in [0.29, 0.717) is 6.73 Å². The van der Waals surface area contributed by atoms with E-state index in [0.717, 1.165) is 46.7 Å². The van der Waals surface area contributed by atoms with Gasteiger partial charge in [0.2, 0.25) is 0 Å². The summed E-state index contributed by atoms with van der Waals surface area (Å²) in [6.45, 7) is 2.39. The maximum absolute atomic E-state index is 6.40. The van der Waals surface area contributed by atoms with E-state index in [1.807, 2.05) is 24.3 Å². The molecule has 1 aliphatic rings. The van der Waals surface area contributed by atoms with Crippen molar-refractivity contribution in [2.45, 2.75) is 13.0 Å². The molecule has 116 valence electrons. The number of hydrogen-bond donors (Lipinski definition) is 0. The molecule has 0 radical (unpaired) electrons. The van der Waals surface area contributed by atoms with Gasteiger partial charge in [-0.05, 0) is 30.2 Å². The quantitative estimate of drug-likeness (QED) is 0.719. The van der Waals surface area contributed by atoms with Crippen LogP contribution in [0.25, 0.3) is 10.9 Å². The number of halogens is 1. The van der Waals surface area contributed by atoms with Crippen LogP contribution in [0.2, 0.25) is 5.02 Å². The highest BCUT2D eigenvalue weighted by Crippen LogP contribution is 2.36. The summed E-state index contributed by atoms with van der Waals surface area (Å²) in [7, 11) is 0. The maximum atomic E-state index is 6.40. The Balaban J connectivity index is 1.55. The molecule has 0 fully saturated rings. The van der Waals surface area contributed by atoms with Gasteiger partial charge in [-0.2, -0.15) is 0 Å². The highest BCUT2D eigenvalue weighted by atomic mass is 35.5. The van der Waals surface area contributed by atoms with Crippen LogP contribution in [-0.2, 0) is 13.0 Å². The second kappa shape index (κ2) is 6.19. The van der Waals surface area contributed by atoms with Gasteiger partial charge in [0.1, 0.15) is 12.2 Å². The summed E-state index contributed by atoms with van der Waals surface area (Å²) >= 11 is 6.40. The normalized spacial score (nSPS) is 14.5. The zero-order valence-electron chi connectivity index (χ0n) is 12.7. The molecule has 2 heterocycles. The van der Waals surface area contributed by atoms with Gasteiger partial charge in [-0.15, -0.1) is 0 Å². The largest absolute Gasteiger partial charge is 0.475 e. The smallest absolute Gasteiger partial charge is 0.152 e. The molecule has 0 saturated heterocycles. The van der Waals surface area contributed by atoms with Gasteiger partial charge in [-0.3, -0.25) is 9.88 Å². The van der Waals surface area contributed by atoms with Crippen LogP contribution in [0.3, 0.4) is 0 Å². The molecule has 3 nitrogen and oxygen atoms in total. The van der Waals surface area contributed by atoms with Crippen molar-refractivity contribution in [2.24, 2.45) is 0 Å². The average Bonchev–Trinajstić information content (AvgIpc) is 2.61. The topological polar surface area (TPSA) is 25.4 Å². The fourth-order valence-corrected chi connectivity index (χ4v) is 3.31. The van der Waals surface area contributed by atoms with E-state index in [4.69, 9.17) is 16.3 Å². The molecule has 0 N–H and O–H groups in total. The Labute approximate surface area is 140 Å². The zero-order chi connectivity index (χ0) is 15.6. The first-order chi connectivity index (χ1) is 11.3. The number of benzene rings is 2. The number of hydrogen-bond acceptors (Lipinski definition) is 3. The predicted octanol–water partition coefficient (Wildman–Crippen LogP) is 4.28.